The average molecular weight is 326 g/mol. The van der Waals surface area contributed by atoms with Gasteiger partial charge in [0.2, 0.25) is 0 Å². The molecule has 0 atom stereocenters. The first-order chi connectivity index (χ1) is 9.02. The first kappa shape index (κ1) is 13.7. The van der Waals surface area contributed by atoms with Crippen LogP contribution in [-0.2, 0) is 19.9 Å². The summed E-state index contributed by atoms with van der Waals surface area (Å²) in [6.45, 7) is 0. The maximum Gasteiger partial charge on any atom is 0.331 e. The lowest BCUT2D eigenvalue weighted by atomic mass is 9.77. The van der Waals surface area contributed by atoms with Crippen molar-refractivity contribution in [2.45, 2.75) is 24.9 Å². The molecule has 1 saturated carbocycles. The second-order valence-electron chi connectivity index (χ2n) is 4.30. The minimum Gasteiger partial charge on any atom is -0.478 e. The highest BCUT2D eigenvalue weighted by Gasteiger charge is 2.43. The van der Waals surface area contributed by atoms with Crippen LogP contribution in [-0.4, -0.2) is 22.0 Å². The zero-order valence-electron chi connectivity index (χ0n) is 10.0. The molecule has 0 bridgehead atoms. The number of carboxylic acids is 1. The summed E-state index contributed by atoms with van der Waals surface area (Å²) in [5, 5.41) is 8.47. The first-order valence-corrected chi connectivity index (χ1v) is 6.57. The van der Waals surface area contributed by atoms with Gasteiger partial charge in [-0.2, -0.15) is 0 Å². The third-order valence-electron chi connectivity index (χ3n) is 3.01. The molecule has 100 valence electrons. The molecule has 0 aromatic carbocycles. The maximum absolute atomic E-state index is 11.6. The molecular weight excluding hydrogens is 314 g/mol. The Balaban J connectivity index is 2.13. The largest absolute Gasteiger partial charge is 0.478 e. The molecule has 1 aliphatic carbocycles. The van der Waals surface area contributed by atoms with Crippen molar-refractivity contribution < 1.29 is 19.4 Å². The molecule has 1 N–H and O–H groups in total. The standard InChI is InChI=1S/C13H12BrNO4/c14-9-2-3-10(15-8-9)13(6-1-7-13)19-12(18)5-4-11(16)17/h2-5,8H,1,6-7H2,(H,16,17)/b5-4+. The molecular formula is C13H12BrNO4. The number of ether oxygens (including phenoxy) is 1. The molecule has 1 heterocycles. The number of pyridine rings is 1. The minimum atomic E-state index is -1.18. The molecule has 0 spiro atoms. The Hall–Kier alpha value is -1.69. The van der Waals surface area contributed by atoms with Crippen molar-refractivity contribution in [1.29, 1.82) is 0 Å². The van der Waals surface area contributed by atoms with Crippen LogP contribution >= 0.6 is 15.9 Å². The Bertz CT molecular complexity index is 520. The van der Waals surface area contributed by atoms with Crippen LogP contribution in [0.15, 0.2) is 35.0 Å². The number of rotatable bonds is 4. The SMILES string of the molecule is O=C(O)/C=C/C(=O)OC1(c2ccc(Br)cn2)CCC1. The molecule has 0 saturated heterocycles. The van der Waals surface area contributed by atoms with E-state index in [4.69, 9.17) is 9.84 Å². The van der Waals surface area contributed by atoms with Gasteiger partial charge in [0.25, 0.3) is 0 Å². The molecule has 1 aliphatic rings. The average Bonchev–Trinajstić information content (AvgIpc) is 2.32. The lowest BCUT2D eigenvalue weighted by Gasteiger charge is -2.40. The van der Waals surface area contributed by atoms with E-state index in [1.807, 2.05) is 6.07 Å². The number of aromatic nitrogens is 1. The van der Waals surface area contributed by atoms with Crippen molar-refractivity contribution in [3.63, 3.8) is 0 Å². The number of halogens is 1. The predicted octanol–water partition coefficient (Wildman–Crippen LogP) is 2.41. The van der Waals surface area contributed by atoms with E-state index in [2.05, 4.69) is 20.9 Å². The van der Waals surface area contributed by atoms with E-state index in [1.54, 1.807) is 12.3 Å². The van der Waals surface area contributed by atoms with Crippen molar-refractivity contribution in [2.24, 2.45) is 0 Å². The molecule has 6 heteroatoms. The molecule has 0 amide bonds. The van der Waals surface area contributed by atoms with E-state index in [0.717, 1.165) is 23.0 Å². The second kappa shape index (κ2) is 5.52. The Morgan fingerprint density at radius 1 is 1.37 bits per heavy atom. The van der Waals surface area contributed by atoms with Gasteiger partial charge in [0.1, 0.15) is 0 Å². The number of hydrogen-bond donors (Lipinski definition) is 1. The summed E-state index contributed by atoms with van der Waals surface area (Å²) in [5.74, 6) is -1.84. The molecule has 1 aromatic rings. The van der Waals surface area contributed by atoms with E-state index in [0.29, 0.717) is 18.5 Å². The zero-order chi connectivity index (χ0) is 13.9. The second-order valence-corrected chi connectivity index (χ2v) is 5.22. The van der Waals surface area contributed by atoms with Gasteiger partial charge in [0.15, 0.2) is 5.60 Å². The Kier molecular flexibility index (Phi) is 3.99. The van der Waals surface area contributed by atoms with Gasteiger partial charge in [-0.15, -0.1) is 0 Å². The number of carbonyl (C=O) groups is 2. The number of nitrogens with zero attached hydrogens (tertiary/aromatic N) is 1. The van der Waals surface area contributed by atoms with Crippen LogP contribution in [0, 0.1) is 0 Å². The fourth-order valence-electron chi connectivity index (χ4n) is 1.92. The Morgan fingerprint density at radius 3 is 2.58 bits per heavy atom. The van der Waals surface area contributed by atoms with Gasteiger partial charge in [0.05, 0.1) is 5.69 Å². The first-order valence-electron chi connectivity index (χ1n) is 5.78. The van der Waals surface area contributed by atoms with E-state index < -0.39 is 17.5 Å². The molecule has 1 fully saturated rings. The molecule has 0 radical (unpaired) electrons. The molecule has 0 aliphatic heterocycles. The number of esters is 1. The zero-order valence-corrected chi connectivity index (χ0v) is 11.6. The van der Waals surface area contributed by atoms with E-state index in [-0.39, 0.29) is 0 Å². The normalized spacial score (nSPS) is 16.9. The van der Waals surface area contributed by atoms with Gasteiger partial charge in [0, 0.05) is 22.8 Å². The fraction of sp³-hybridized carbons (Fsp3) is 0.308. The van der Waals surface area contributed by atoms with Crippen LogP contribution in [0.25, 0.3) is 0 Å². The number of aliphatic carboxylic acids is 1. The van der Waals surface area contributed by atoms with Crippen molar-refractivity contribution in [1.82, 2.24) is 4.98 Å². The highest BCUT2D eigenvalue weighted by atomic mass is 79.9. The van der Waals surface area contributed by atoms with Crippen LogP contribution in [0.2, 0.25) is 0 Å². The van der Waals surface area contributed by atoms with Crippen LogP contribution < -0.4 is 0 Å². The molecule has 19 heavy (non-hydrogen) atoms. The summed E-state index contributed by atoms with van der Waals surface area (Å²) in [5.41, 5.74) is -0.0142. The highest BCUT2D eigenvalue weighted by molar-refractivity contribution is 9.10. The van der Waals surface area contributed by atoms with Crippen molar-refractivity contribution in [3.8, 4) is 0 Å². The van der Waals surface area contributed by atoms with Gasteiger partial charge in [-0.3, -0.25) is 4.98 Å². The molecule has 0 unspecified atom stereocenters. The summed E-state index contributed by atoms with van der Waals surface area (Å²) < 4.78 is 6.23. The molecule has 5 nitrogen and oxygen atoms in total. The van der Waals surface area contributed by atoms with Crippen molar-refractivity contribution >= 4 is 27.9 Å². The summed E-state index contributed by atoms with van der Waals surface area (Å²) >= 11 is 3.30. The third kappa shape index (κ3) is 3.20. The van der Waals surface area contributed by atoms with Crippen LogP contribution in [0.4, 0.5) is 0 Å². The Labute approximate surface area is 118 Å². The lowest BCUT2D eigenvalue weighted by Crippen LogP contribution is -2.39. The molecule has 2 rings (SSSR count). The minimum absolute atomic E-state index is 0.660. The van der Waals surface area contributed by atoms with Gasteiger partial charge in [-0.25, -0.2) is 9.59 Å². The van der Waals surface area contributed by atoms with Gasteiger partial charge in [-0.05, 0) is 47.3 Å². The van der Waals surface area contributed by atoms with Gasteiger partial charge >= 0.3 is 11.9 Å². The van der Waals surface area contributed by atoms with E-state index in [9.17, 15) is 9.59 Å². The topological polar surface area (TPSA) is 76.5 Å². The predicted molar refractivity (Wildman–Crippen MR) is 70.3 cm³/mol. The van der Waals surface area contributed by atoms with E-state index >= 15 is 0 Å². The maximum atomic E-state index is 11.6. The molecule has 1 aromatic heterocycles. The lowest BCUT2D eigenvalue weighted by molar-refractivity contribution is -0.166. The van der Waals surface area contributed by atoms with Crippen molar-refractivity contribution in [2.75, 3.05) is 0 Å². The Morgan fingerprint density at radius 2 is 2.11 bits per heavy atom. The fourth-order valence-corrected chi connectivity index (χ4v) is 2.15. The summed E-state index contributed by atoms with van der Waals surface area (Å²) in [4.78, 5) is 26.2. The van der Waals surface area contributed by atoms with Crippen LogP contribution in [0.5, 0.6) is 0 Å². The van der Waals surface area contributed by atoms with Crippen molar-refractivity contribution in [3.05, 3.63) is 40.6 Å². The van der Waals surface area contributed by atoms with Crippen LogP contribution in [0.1, 0.15) is 25.0 Å². The number of hydrogen-bond acceptors (Lipinski definition) is 4. The smallest absolute Gasteiger partial charge is 0.331 e. The van der Waals surface area contributed by atoms with Gasteiger partial charge < -0.3 is 9.84 Å². The van der Waals surface area contributed by atoms with Crippen LogP contribution in [0.3, 0.4) is 0 Å². The number of carbonyl (C=O) groups excluding carboxylic acids is 1. The van der Waals surface area contributed by atoms with Gasteiger partial charge in [-0.1, -0.05) is 0 Å². The third-order valence-corrected chi connectivity index (χ3v) is 3.48. The highest BCUT2D eigenvalue weighted by Crippen LogP contribution is 2.44. The monoisotopic (exact) mass is 325 g/mol. The number of carboxylic acid groups (broad SMARTS) is 1. The quantitative estimate of drug-likeness (QED) is 0.679. The van der Waals surface area contributed by atoms with E-state index in [1.165, 1.54) is 0 Å². The summed E-state index contributed by atoms with van der Waals surface area (Å²) in [7, 11) is 0. The summed E-state index contributed by atoms with van der Waals surface area (Å²) in [6.07, 6.45) is 5.69. The summed E-state index contributed by atoms with van der Waals surface area (Å²) in [6, 6.07) is 3.64.